The number of aromatic nitrogens is 2. The maximum atomic E-state index is 11.9. The average Bonchev–Trinajstić information content (AvgIpc) is 2.84. The predicted octanol–water partition coefficient (Wildman–Crippen LogP) is 0.400. The van der Waals surface area contributed by atoms with E-state index in [1.54, 1.807) is 13.1 Å². The number of aryl methyl sites for hydroxylation is 1. The van der Waals surface area contributed by atoms with Crippen LogP contribution in [0.15, 0.2) is 12.4 Å². The summed E-state index contributed by atoms with van der Waals surface area (Å²) in [6, 6.07) is 0. The fourth-order valence-corrected chi connectivity index (χ4v) is 3.36. The largest absolute Gasteiger partial charge is 0.383 e. The number of hydrogen-bond donors (Lipinski definition) is 1. The normalized spacial score (nSPS) is 21.1. The molecule has 0 aromatic carbocycles. The van der Waals surface area contributed by atoms with Crippen molar-refractivity contribution < 1.29 is 13.2 Å². The van der Waals surface area contributed by atoms with E-state index >= 15 is 0 Å². The molecule has 2 atom stereocenters. The van der Waals surface area contributed by atoms with Gasteiger partial charge >= 0.3 is 0 Å². The molecule has 7 heteroatoms. The van der Waals surface area contributed by atoms with E-state index in [4.69, 9.17) is 4.74 Å². The minimum Gasteiger partial charge on any atom is -0.383 e. The molecule has 0 saturated heterocycles. The Bertz CT molecular complexity index is 512. The van der Waals surface area contributed by atoms with Crippen molar-refractivity contribution in [3.63, 3.8) is 0 Å². The first-order chi connectivity index (χ1) is 9.03. The van der Waals surface area contributed by atoms with E-state index in [0.29, 0.717) is 12.5 Å². The number of imidazole rings is 1. The summed E-state index contributed by atoms with van der Waals surface area (Å²) in [5.74, 6) is 1.36. The minimum atomic E-state index is -3.29. The van der Waals surface area contributed by atoms with Crippen molar-refractivity contribution in [1.29, 1.82) is 0 Å². The van der Waals surface area contributed by atoms with E-state index in [-0.39, 0.29) is 6.61 Å². The van der Waals surface area contributed by atoms with Crippen LogP contribution in [0.3, 0.4) is 0 Å². The molecule has 1 aliphatic heterocycles. The smallest absolute Gasteiger partial charge is 0.216 e. The molecule has 0 saturated carbocycles. The molecule has 0 spiro atoms. The first-order valence-electron chi connectivity index (χ1n) is 6.50. The molecule has 1 N–H and O–H groups in total. The van der Waals surface area contributed by atoms with Gasteiger partial charge in [0.05, 0.1) is 11.9 Å². The SMILES string of the molecule is COC[C@@H](C)S(=O)(=O)NC[C@@H]1CCn2ccnc2C1. The van der Waals surface area contributed by atoms with Crippen LogP contribution in [0.25, 0.3) is 0 Å². The Kier molecular flexibility index (Phi) is 4.59. The molecular weight excluding hydrogens is 266 g/mol. The van der Waals surface area contributed by atoms with Crippen LogP contribution in [-0.2, 0) is 27.7 Å². The quantitative estimate of drug-likeness (QED) is 0.822. The zero-order valence-corrected chi connectivity index (χ0v) is 12.2. The molecule has 0 unspecified atom stereocenters. The number of hydrogen-bond acceptors (Lipinski definition) is 4. The second-order valence-corrected chi connectivity index (χ2v) is 7.24. The van der Waals surface area contributed by atoms with Crippen LogP contribution < -0.4 is 4.72 Å². The Morgan fingerprint density at radius 3 is 3.16 bits per heavy atom. The molecule has 2 heterocycles. The number of nitrogens with zero attached hydrogens (tertiary/aromatic N) is 2. The molecule has 2 rings (SSSR count). The Labute approximate surface area is 114 Å². The van der Waals surface area contributed by atoms with Gasteiger partial charge < -0.3 is 9.30 Å². The van der Waals surface area contributed by atoms with Gasteiger partial charge in [0.25, 0.3) is 0 Å². The van der Waals surface area contributed by atoms with Crippen molar-refractivity contribution in [2.24, 2.45) is 5.92 Å². The van der Waals surface area contributed by atoms with Crippen LogP contribution in [-0.4, -0.2) is 43.5 Å². The predicted molar refractivity (Wildman–Crippen MR) is 72.3 cm³/mol. The number of rotatable bonds is 6. The van der Waals surface area contributed by atoms with Gasteiger partial charge in [-0.1, -0.05) is 0 Å². The van der Waals surface area contributed by atoms with E-state index in [9.17, 15) is 8.42 Å². The fourth-order valence-electron chi connectivity index (χ4n) is 2.29. The fraction of sp³-hybridized carbons (Fsp3) is 0.750. The highest BCUT2D eigenvalue weighted by atomic mass is 32.2. The van der Waals surface area contributed by atoms with Crippen molar-refractivity contribution >= 4 is 10.0 Å². The van der Waals surface area contributed by atoms with E-state index < -0.39 is 15.3 Å². The second-order valence-electron chi connectivity index (χ2n) is 5.06. The Morgan fingerprint density at radius 2 is 2.42 bits per heavy atom. The Morgan fingerprint density at radius 1 is 1.63 bits per heavy atom. The standard InChI is InChI=1S/C12H21N3O3S/c1-10(9-18-2)19(16,17)14-8-11-3-5-15-6-4-13-12(15)7-11/h4,6,10-11,14H,3,5,7-9H2,1-2H3/t10-,11-/m1/s1. The zero-order chi connectivity index (χ0) is 13.9. The third-order valence-electron chi connectivity index (χ3n) is 3.56. The molecule has 0 bridgehead atoms. The molecule has 1 aromatic heterocycles. The molecule has 1 aromatic rings. The summed E-state index contributed by atoms with van der Waals surface area (Å²) in [6.45, 7) is 3.25. The number of methoxy groups -OCH3 is 1. The van der Waals surface area contributed by atoms with Crippen molar-refractivity contribution in [1.82, 2.24) is 14.3 Å². The van der Waals surface area contributed by atoms with Gasteiger partial charge in [0, 0.05) is 39.0 Å². The van der Waals surface area contributed by atoms with Crippen molar-refractivity contribution in [2.45, 2.75) is 31.6 Å². The maximum Gasteiger partial charge on any atom is 0.216 e. The number of nitrogens with one attached hydrogen (secondary N) is 1. The second kappa shape index (κ2) is 6.02. The maximum absolute atomic E-state index is 11.9. The summed E-state index contributed by atoms with van der Waals surface area (Å²) in [7, 11) is -1.78. The van der Waals surface area contributed by atoms with E-state index in [1.165, 1.54) is 7.11 Å². The lowest BCUT2D eigenvalue weighted by molar-refractivity contribution is 0.200. The third kappa shape index (κ3) is 3.55. The molecule has 19 heavy (non-hydrogen) atoms. The highest BCUT2D eigenvalue weighted by molar-refractivity contribution is 7.90. The van der Waals surface area contributed by atoms with E-state index in [0.717, 1.165) is 25.2 Å². The summed E-state index contributed by atoms with van der Waals surface area (Å²) in [4.78, 5) is 4.28. The lowest BCUT2D eigenvalue weighted by atomic mass is 9.98. The molecule has 108 valence electrons. The third-order valence-corrected chi connectivity index (χ3v) is 5.32. The molecule has 0 radical (unpaired) electrons. The molecule has 6 nitrogen and oxygen atoms in total. The van der Waals surface area contributed by atoms with Gasteiger partial charge in [-0.05, 0) is 19.3 Å². The first-order valence-corrected chi connectivity index (χ1v) is 8.05. The number of sulfonamides is 1. The first kappa shape index (κ1) is 14.5. The molecule has 0 aliphatic carbocycles. The van der Waals surface area contributed by atoms with Crippen molar-refractivity contribution in [2.75, 3.05) is 20.3 Å². The average molecular weight is 287 g/mol. The molecule has 1 aliphatic rings. The monoisotopic (exact) mass is 287 g/mol. The van der Waals surface area contributed by atoms with Gasteiger partial charge in [0.1, 0.15) is 5.82 Å². The highest BCUT2D eigenvalue weighted by Crippen LogP contribution is 2.18. The summed E-state index contributed by atoms with van der Waals surface area (Å²) in [5, 5.41) is -0.525. The summed E-state index contributed by atoms with van der Waals surface area (Å²) in [6.07, 6.45) is 5.57. The van der Waals surface area contributed by atoms with E-state index in [2.05, 4.69) is 14.3 Å². The van der Waals surface area contributed by atoms with Crippen LogP contribution in [0.2, 0.25) is 0 Å². The van der Waals surface area contributed by atoms with Crippen molar-refractivity contribution in [3.05, 3.63) is 18.2 Å². The van der Waals surface area contributed by atoms with Crippen LogP contribution >= 0.6 is 0 Å². The van der Waals surface area contributed by atoms with Crippen LogP contribution in [0.5, 0.6) is 0 Å². The van der Waals surface area contributed by atoms with Gasteiger partial charge in [-0.3, -0.25) is 0 Å². The molecule has 0 amide bonds. The number of ether oxygens (including phenoxy) is 1. The minimum absolute atomic E-state index is 0.213. The van der Waals surface area contributed by atoms with Crippen LogP contribution in [0.1, 0.15) is 19.2 Å². The number of fused-ring (bicyclic) bond motifs is 1. The summed E-state index contributed by atoms with van der Waals surface area (Å²) < 4.78 is 33.6. The van der Waals surface area contributed by atoms with Crippen molar-refractivity contribution in [3.8, 4) is 0 Å². The summed E-state index contributed by atoms with van der Waals surface area (Å²) >= 11 is 0. The zero-order valence-electron chi connectivity index (χ0n) is 11.4. The van der Waals surface area contributed by atoms with Gasteiger partial charge in [0.15, 0.2) is 0 Å². The van der Waals surface area contributed by atoms with E-state index in [1.807, 2.05) is 6.20 Å². The molecule has 0 fully saturated rings. The van der Waals surface area contributed by atoms with Gasteiger partial charge in [-0.2, -0.15) is 0 Å². The van der Waals surface area contributed by atoms with Crippen LogP contribution in [0, 0.1) is 5.92 Å². The van der Waals surface area contributed by atoms with Crippen LogP contribution in [0.4, 0.5) is 0 Å². The van der Waals surface area contributed by atoms with Gasteiger partial charge in [0.2, 0.25) is 10.0 Å². The topological polar surface area (TPSA) is 73.2 Å². The van der Waals surface area contributed by atoms with Gasteiger partial charge in [-0.25, -0.2) is 18.1 Å². The molecular formula is C12H21N3O3S. The lowest BCUT2D eigenvalue weighted by Crippen LogP contribution is -2.39. The Hall–Kier alpha value is -0.920. The summed E-state index contributed by atoms with van der Waals surface area (Å²) in [5.41, 5.74) is 0. The van der Waals surface area contributed by atoms with Gasteiger partial charge in [-0.15, -0.1) is 0 Å². The highest BCUT2D eigenvalue weighted by Gasteiger charge is 2.24. The lowest BCUT2D eigenvalue weighted by Gasteiger charge is -2.24. The Balaban J connectivity index is 1.87.